The van der Waals surface area contributed by atoms with E-state index in [1.165, 1.54) is 28.3 Å². The lowest BCUT2D eigenvalue weighted by atomic mass is 9.85. The zero-order valence-electron chi connectivity index (χ0n) is 23.2. The molecule has 0 fully saturated rings. The van der Waals surface area contributed by atoms with Crippen molar-refractivity contribution in [2.24, 2.45) is 24.3 Å². The number of ether oxygens (including phenoxy) is 2. The molecular weight excluding hydrogens is 520 g/mol. The van der Waals surface area contributed by atoms with Crippen molar-refractivity contribution in [1.82, 2.24) is 19.1 Å². The third-order valence-corrected chi connectivity index (χ3v) is 5.75. The van der Waals surface area contributed by atoms with Crippen molar-refractivity contribution < 1.29 is 19.1 Å². The Morgan fingerprint density at radius 3 is 1.55 bits per heavy atom. The van der Waals surface area contributed by atoms with Crippen molar-refractivity contribution in [1.29, 1.82) is 0 Å². The summed E-state index contributed by atoms with van der Waals surface area (Å²) in [6, 6.07) is 5.74. The Morgan fingerprint density at radius 2 is 1.20 bits per heavy atom. The topological polar surface area (TPSA) is 171 Å². The van der Waals surface area contributed by atoms with Gasteiger partial charge in [0.1, 0.15) is 11.1 Å². The van der Waals surface area contributed by atoms with Crippen LogP contribution < -0.4 is 22.0 Å². The lowest BCUT2D eigenvalue weighted by Crippen LogP contribution is -2.27. The quantitative estimate of drug-likeness (QED) is 0.239. The predicted octanol–water partition coefficient (Wildman–Crippen LogP) is 1.64. The van der Waals surface area contributed by atoms with Crippen LogP contribution in [0.4, 0.5) is 11.9 Å². The Hall–Kier alpha value is -5.14. The smallest absolute Gasteiger partial charge is 0.345 e. The lowest BCUT2D eigenvalue weighted by molar-refractivity contribution is 0.0588. The SMILES string of the molecule is COC(=O)c1cnc(N/N=C/c2cc(/C=N/Nc3ncc(C(=O)OC)c(=O)n3C)cc(C(C)(C)C)c2)n(C)c1=O. The van der Waals surface area contributed by atoms with Gasteiger partial charge in [-0.05, 0) is 40.3 Å². The number of hydrogen-bond donors (Lipinski definition) is 2. The molecule has 0 aliphatic carbocycles. The van der Waals surface area contributed by atoms with E-state index < -0.39 is 23.1 Å². The Labute approximate surface area is 229 Å². The molecule has 3 aromatic rings. The number of nitrogens with one attached hydrogen (secondary N) is 2. The van der Waals surface area contributed by atoms with Crippen LogP contribution >= 0.6 is 0 Å². The summed E-state index contributed by atoms with van der Waals surface area (Å²) < 4.78 is 11.5. The number of esters is 2. The van der Waals surface area contributed by atoms with E-state index in [1.807, 2.05) is 18.2 Å². The highest BCUT2D eigenvalue weighted by Gasteiger charge is 2.17. The fourth-order valence-electron chi connectivity index (χ4n) is 3.38. The molecule has 14 nitrogen and oxygen atoms in total. The molecule has 0 bridgehead atoms. The summed E-state index contributed by atoms with van der Waals surface area (Å²) in [4.78, 5) is 56.3. The fraction of sp³-hybridized carbons (Fsp3) is 0.308. The van der Waals surface area contributed by atoms with Crippen molar-refractivity contribution in [2.75, 3.05) is 25.1 Å². The van der Waals surface area contributed by atoms with Crippen LogP contribution in [0.3, 0.4) is 0 Å². The number of anilines is 2. The number of carbonyl (C=O) groups is 2. The van der Waals surface area contributed by atoms with Crippen LogP contribution in [-0.2, 0) is 29.0 Å². The number of rotatable bonds is 8. The number of carbonyl (C=O) groups excluding carboxylic acids is 2. The standard InChI is InChI=1S/C26H30N8O6/c1-26(2,3)17-9-15(11-29-31-24-27-13-18(22(37)39-6)20(35)33(24)4)8-16(10-17)12-30-32-25-28-14-19(23(38)40-7)21(36)34(25)5/h8-14H,1-7H3,(H,27,31)(H,28,32)/b29-11+,30-12+. The monoisotopic (exact) mass is 550 g/mol. The van der Waals surface area contributed by atoms with Gasteiger partial charge in [0, 0.05) is 14.1 Å². The number of aromatic nitrogens is 4. The Kier molecular flexibility index (Phi) is 8.93. The molecule has 1 aromatic carbocycles. The third-order valence-electron chi connectivity index (χ3n) is 5.75. The number of benzene rings is 1. The van der Waals surface area contributed by atoms with Gasteiger partial charge in [-0.25, -0.2) is 30.4 Å². The molecule has 2 heterocycles. The summed E-state index contributed by atoms with van der Waals surface area (Å²) in [5, 5.41) is 8.38. The number of methoxy groups -OCH3 is 2. The Balaban J connectivity index is 1.84. The number of nitrogens with zero attached hydrogens (tertiary/aromatic N) is 6. The minimum Gasteiger partial charge on any atom is -0.465 e. The molecule has 0 saturated heterocycles. The fourth-order valence-corrected chi connectivity index (χ4v) is 3.38. The van der Waals surface area contributed by atoms with Gasteiger partial charge in [0.2, 0.25) is 11.9 Å². The van der Waals surface area contributed by atoms with Crippen LogP contribution in [0.1, 0.15) is 58.2 Å². The molecule has 0 radical (unpaired) electrons. The Bertz CT molecular complexity index is 1510. The molecule has 40 heavy (non-hydrogen) atoms. The summed E-state index contributed by atoms with van der Waals surface area (Å²) in [6.45, 7) is 6.18. The van der Waals surface area contributed by atoms with Gasteiger partial charge in [0.05, 0.1) is 39.0 Å². The highest BCUT2D eigenvalue weighted by atomic mass is 16.5. The highest BCUT2D eigenvalue weighted by molar-refractivity contribution is 5.89. The largest absolute Gasteiger partial charge is 0.465 e. The summed E-state index contributed by atoms with van der Waals surface area (Å²) in [5.41, 5.74) is 6.14. The average Bonchev–Trinajstić information content (AvgIpc) is 2.92. The minimum absolute atomic E-state index is 0.128. The van der Waals surface area contributed by atoms with E-state index >= 15 is 0 Å². The molecule has 0 atom stereocenters. The van der Waals surface area contributed by atoms with Crippen molar-refractivity contribution in [3.63, 3.8) is 0 Å². The number of hydrazone groups is 2. The average molecular weight is 551 g/mol. The summed E-state index contributed by atoms with van der Waals surface area (Å²) in [6.07, 6.45) is 5.36. The molecule has 0 saturated carbocycles. The highest BCUT2D eigenvalue weighted by Crippen LogP contribution is 2.24. The molecule has 0 unspecified atom stereocenters. The van der Waals surface area contributed by atoms with Crippen LogP contribution in [-0.4, -0.2) is 57.7 Å². The van der Waals surface area contributed by atoms with Gasteiger partial charge in [-0.15, -0.1) is 0 Å². The molecule has 210 valence electrons. The second kappa shape index (κ2) is 12.1. The maximum absolute atomic E-state index is 12.4. The molecule has 0 aliphatic rings. The van der Waals surface area contributed by atoms with Crippen LogP contribution in [0.5, 0.6) is 0 Å². The summed E-state index contributed by atoms with van der Waals surface area (Å²) in [7, 11) is 5.27. The van der Waals surface area contributed by atoms with E-state index in [9.17, 15) is 19.2 Å². The first-order valence-electron chi connectivity index (χ1n) is 11.9. The third kappa shape index (κ3) is 6.64. The molecule has 3 rings (SSSR count). The molecule has 0 amide bonds. The van der Waals surface area contributed by atoms with Gasteiger partial charge in [-0.1, -0.05) is 20.8 Å². The molecular formula is C26H30N8O6. The zero-order chi connectivity index (χ0) is 29.6. The van der Waals surface area contributed by atoms with Gasteiger partial charge < -0.3 is 9.47 Å². The lowest BCUT2D eigenvalue weighted by Gasteiger charge is -2.20. The van der Waals surface area contributed by atoms with Gasteiger partial charge in [-0.3, -0.25) is 18.7 Å². The predicted molar refractivity (Wildman–Crippen MR) is 149 cm³/mol. The van der Waals surface area contributed by atoms with E-state index in [-0.39, 0.29) is 28.4 Å². The van der Waals surface area contributed by atoms with Gasteiger partial charge in [-0.2, -0.15) is 10.2 Å². The molecule has 2 aromatic heterocycles. The maximum Gasteiger partial charge on any atom is 0.345 e. The molecule has 14 heteroatoms. The molecule has 0 aliphatic heterocycles. The second-order valence-electron chi connectivity index (χ2n) is 9.58. The van der Waals surface area contributed by atoms with Gasteiger partial charge in [0.15, 0.2) is 0 Å². The molecule has 2 N–H and O–H groups in total. The van der Waals surface area contributed by atoms with Crippen LogP contribution in [0.2, 0.25) is 0 Å². The van der Waals surface area contributed by atoms with Crippen LogP contribution in [0, 0.1) is 0 Å². The zero-order valence-corrected chi connectivity index (χ0v) is 23.2. The van der Waals surface area contributed by atoms with E-state index in [0.29, 0.717) is 0 Å². The van der Waals surface area contributed by atoms with Crippen LogP contribution in [0.15, 0.2) is 50.4 Å². The van der Waals surface area contributed by atoms with Crippen molar-refractivity contribution in [3.05, 3.63) is 79.1 Å². The van der Waals surface area contributed by atoms with Gasteiger partial charge in [0.25, 0.3) is 11.1 Å². The molecule has 0 spiro atoms. The van der Waals surface area contributed by atoms with E-state index in [0.717, 1.165) is 38.2 Å². The first kappa shape index (κ1) is 29.4. The Morgan fingerprint density at radius 1 is 0.800 bits per heavy atom. The second-order valence-corrected chi connectivity index (χ2v) is 9.58. The summed E-state index contributed by atoms with van der Waals surface area (Å²) >= 11 is 0. The van der Waals surface area contributed by atoms with Crippen molar-refractivity contribution in [3.8, 4) is 0 Å². The normalized spacial score (nSPS) is 11.6. The van der Waals surface area contributed by atoms with E-state index in [4.69, 9.17) is 0 Å². The van der Waals surface area contributed by atoms with Gasteiger partial charge >= 0.3 is 11.9 Å². The number of hydrogen-bond acceptors (Lipinski definition) is 12. The van der Waals surface area contributed by atoms with Crippen molar-refractivity contribution >= 4 is 36.3 Å². The summed E-state index contributed by atoms with van der Waals surface area (Å²) in [5.74, 6) is -1.30. The van der Waals surface area contributed by atoms with E-state index in [2.05, 4.69) is 61.3 Å². The maximum atomic E-state index is 12.4. The van der Waals surface area contributed by atoms with Crippen molar-refractivity contribution in [2.45, 2.75) is 26.2 Å². The first-order valence-corrected chi connectivity index (χ1v) is 11.9. The van der Waals surface area contributed by atoms with E-state index in [1.54, 1.807) is 12.4 Å². The van der Waals surface area contributed by atoms with Crippen LogP contribution in [0.25, 0.3) is 0 Å². The minimum atomic E-state index is -0.776. The first-order chi connectivity index (χ1) is 18.9.